The van der Waals surface area contributed by atoms with E-state index in [-0.39, 0.29) is 17.7 Å². The minimum atomic E-state index is -0.337. The minimum absolute atomic E-state index is 0.0746. The van der Waals surface area contributed by atoms with Crippen LogP contribution in [0, 0.1) is 0 Å². The molecule has 2 amide bonds. The SMILES string of the molecule is O=CN1CCN(C(=O)c2nnc(-c3ccccc3Cl)o2)CC1. The molecule has 1 saturated heterocycles. The van der Waals surface area contributed by atoms with E-state index in [0.29, 0.717) is 36.8 Å². The van der Waals surface area contributed by atoms with E-state index in [1.54, 1.807) is 34.1 Å². The first kappa shape index (κ1) is 14.5. The number of hydrogen-bond acceptors (Lipinski definition) is 5. The van der Waals surface area contributed by atoms with Crippen molar-refractivity contribution >= 4 is 23.9 Å². The molecular formula is C14H13ClN4O3. The molecule has 0 bridgehead atoms. The molecule has 8 heteroatoms. The lowest BCUT2D eigenvalue weighted by atomic mass is 10.2. The van der Waals surface area contributed by atoms with Crippen molar-refractivity contribution < 1.29 is 14.0 Å². The zero-order valence-electron chi connectivity index (χ0n) is 11.6. The first-order valence-corrected chi connectivity index (χ1v) is 7.14. The van der Waals surface area contributed by atoms with Crippen LogP contribution in [-0.2, 0) is 4.79 Å². The average Bonchev–Trinajstić information content (AvgIpc) is 3.04. The lowest BCUT2D eigenvalue weighted by Gasteiger charge is -2.31. The summed E-state index contributed by atoms with van der Waals surface area (Å²) in [5, 5.41) is 8.15. The van der Waals surface area contributed by atoms with Gasteiger partial charge in [-0.15, -0.1) is 10.2 Å². The summed E-state index contributed by atoms with van der Waals surface area (Å²) in [7, 11) is 0. The number of carbonyl (C=O) groups is 2. The maximum Gasteiger partial charge on any atom is 0.311 e. The normalized spacial score (nSPS) is 15.0. The van der Waals surface area contributed by atoms with E-state index in [1.165, 1.54) is 0 Å². The third-order valence-electron chi connectivity index (χ3n) is 3.46. The van der Waals surface area contributed by atoms with Crippen LogP contribution in [0.25, 0.3) is 11.5 Å². The van der Waals surface area contributed by atoms with E-state index in [1.807, 2.05) is 0 Å². The van der Waals surface area contributed by atoms with Gasteiger partial charge in [-0.05, 0) is 12.1 Å². The van der Waals surface area contributed by atoms with Crippen LogP contribution in [0.15, 0.2) is 28.7 Å². The number of aromatic nitrogens is 2. The highest BCUT2D eigenvalue weighted by Gasteiger charge is 2.26. The number of amides is 2. The zero-order chi connectivity index (χ0) is 15.5. The second kappa shape index (κ2) is 6.15. The fourth-order valence-electron chi connectivity index (χ4n) is 2.22. The largest absolute Gasteiger partial charge is 0.412 e. The minimum Gasteiger partial charge on any atom is -0.412 e. The molecule has 3 rings (SSSR count). The maximum atomic E-state index is 12.3. The van der Waals surface area contributed by atoms with Gasteiger partial charge in [-0.3, -0.25) is 9.59 Å². The van der Waals surface area contributed by atoms with Crippen molar-refractivity contribution in [3.05, 3.63) is 35.2 Å². The molecule has 7 nitrogen and oxygen atoms in total. The van der Waals surface area contributed by atoms with Crippen LogP contribution < -0.4 is 0 Å². The Balaban J connectivity index is 1.75. The van der Waals surface area contributed by atoms with Crippen LogP contribution in [0.3, 0.4) is 0 Å². The van der Waals surface area contributed by atoms with Gasteiger partial charge in [-0.1, -0.05) is 23.7 Å². The van der Waals surface area contributed by atoms with E-state index in [2.05, 4.69) is 10.2 Å². The van der Waals surface area contributed by atoms with Gasteiger partial charge in [-0.2, -0.15) is 0 Å². The fourth-order valence-corrected chi connectivity index (χ4v) is 2.44. The fraction of sp³-hybridized carbons (Fsp3) is 0.286. The molecule has 2 heterocycles. The molecule has 0 N–H and O–H groups in total. The van der Waals surface area contributed by atoms with Crippen molar-refractivity contribution in [2.45, 2.75) is 0 Å². The Morgan fingerprint density at radius 2 is 1.91 bits per heavy atom. The number of benzene rings is 1. The molecule has 1 aromatic carbocycles. The predicted molar refractivity (Wildman–Crippen MR) is 78.3 cm³/mol. The van der Waals surface area contributed by atoms with E-state index in [0.717, 1.165) is 6.41 Å². The summed E-state index contributed by atoms with van der Waals surface area (Å²) in [6.07, 6.45) is 0.782. The molecule has 1 aliphatic heterocycles. The number of rotatable bonds is 3. The van der Waals surface area contributed by atoms with Crippen LogP contribution >= 0.6 is 11.6 Å². The van der Waals surface area contributed by atoms with Crippen LogP contribution in [-0.4, -0.2) is 58.5 Å². The third-order valence-corrected chi connectivity index (χ3v) is 3.79. The van der Waals surface area contributed by atoms with Crippen molar-refractivity contribution in [2.75, 3.05) is 26.2 Å². The second-order valence-corrected chi connectivity index (χ2v) is 5.23. The Labute approximate surface area is 131 Å². The maximum absolute atomic E-state index is 12.3. The molecule has 1 fully saturated rings. The molecule has 0 aliphatic carbocycles. The number of piperazine rings is 1. The molecule has 0 unspecified atom stereocenters. The Morgan fingerprint density at radius 1 is 1.18 bits per heavy atom. The highest BCUT2D eigenvalue weighted by atomic mass is 35.5. The number of hydrogen-bond donors (Lipinski definition) is 0. The highest BCUT2D eigenvalue weighted by Crippen LogP contribution is 2.26. The Bertz CT molecular complexity index is 695. The van der Waals surface area contributed by atoms with Crippen molar-refractivity contribution in [3.63, 3.8) is 0 Å². The Hall–Kier alpha value is -2.41. The highest BCUT2D eigenvalue weighted by molar-refractivity contribution is 6.33. The topological polar surface area (TPSA) is 79.5 Å². The van der Waals surface area contributed by atoms with Crippen LogP contribution in [0.5, 0.6) is 0 Å². The molecule has 1 aliphatic rings. The van der Waals surface area contributed by atoms with E-state index in [4.69, 9.17) is 16.0 Å². The van der Waals surface area contributed by atoms with E-state index < -0.39 is 0 Å². The number of carbonyl (C=O) groups excluding carboxylic acids is 2. The van der Waals surface area contributed by atoms with Gasteiger partial charge < -0.3 is 14.2 Å². The van der Waals surface area contributed by atoms with Crippen molar-refractivity contribution in [2.24, 2.45) is 0 Å². The van der Waals surface area contributed by atoms with Gasteiger partial charge in [-0.25, -0.2) is 0 Å². The summed E-state index contributed by atoms with van der Waals surface area (Å²) >= 11 is 6.07. The molecule has 22 heavy (non-hydrogen) atoms. The summed E-state index contributed by atoms with van der Waals surface area (Å²) in [5.41, 5.74) is 0.585. The lowest BCUT2D eigenvalue weighted by molar-refractivity contribution is -0.119. The van der Waals surface area contributed by atoms with Gasteiger partial charge in [0, 0.05) is 26.2 Å². The second-order valence-electron chi connectivity index (χ2n) is 4.83. The smallest absolute Gasteiger partial charge is 0.311 e. The van der Waals surface area contributed by atoms with E-state index in [9.17, 15) is 9.59 Å². The molecular weight excluding hydrogens is 308 g/mol. The Kier molecular flexibility index (Phi) is 4.06. The summed E-state index contributed by atoms with van der Waals surface area (Å²) in [6, 6.07) is 7.04. The summed E-state index contributed by atoms with van der Waals surface area (Å²) in [6.45, 7) is 1.89. The van der Waals surface area contributed by atoms with Gasteiger partial charge in [0.2, 0.25) is 12.3 Å². The van der Waals surface area contributed by atoms with Gasteiger partial charge in [0.1, 0.15) is 0 Å². The molecule has 2 aromatic rings. The van der Waals surface area contributed by atoms with Crippen molar-refractivity contribution in [1.29, 1.82) is 0 Å². The molecule has 114 valence electrons. The first-order valence-electron chi connectivity index (χ1n) is 6.76. The number of nitrogens with zero attached hydrogens (tertiary/aromatic N) is 4. The molecule has 0 atom stereocenters. The first-order chi connectivity index (χ1) is 10.7. The quantitative estimate of drug-likeness (QED) is 0.796. The van der Waals surface area contributed by atoms with Gasteiger partial charge in [0.15, 0.2) is 0 Å². The average molecular weight is 321 g/mol. The molecule has 0 saturated carbocycles. The number of halogens is 1. The monoisotopic (exact) mass is 320 g/mol. The van der Waals surface area contributed by atoms with E-state index >= 15 is 0 Å². The van der Waals surface area contributed by atoms with Crippen LogP contribution in [0.1, 0.15) is 10.7 Å². The van der Waals surface area contributed by atoms with Gasteiger partial charge >= 0.3 is 11.8 Å². The third kappa shape index (κ3) is 2.80. The summed E-state index contributed by atoms with van der Waals surface area (Å²) in [5.74, 6) is -0.202. The summed E-state index contributed by atoms with van der Waals surface area (Å²) < 4.78 is 5.44. The van der Waals surface area contributed by atoms with Gasteiger partial charge in [0.25, 0.3) is 0 Å². The Morgan fingerprint density at radius 3 is 2.59 bits per heavy atom. The zero-order valence-corrected chi connectivity index (χ0v) is 12.4. The van der Waals surface area contributed by atoms with Crippen LogP contribution in [0.4, 0.5) is 0 Å². The lowest BCUT2D eigenvalue weighted by Crippen LogP contribution is -2.48. The molecule has 0 radical (unpaired) electrons. The summed E-state index contributed by atoms with van der Waals surface area (Å²) in [4.78, 5) is 26.2. The van der Waals surface area contributed by atoms with Gasteiger partial charge in [0.05, 0.1) is 10.6 Å². The van der Waals surface area contributed by atoms with Crippen molar-refractivity contribution in [1.82, 2.24) is 20.0 Å². The predicted octanol–water partition coefficient (Wildman–Crippen LogP) is 1.30. The molecule has 1 aromatic heterocycles. The van der Waals surface area contributed by atoms with Crippen LogP contribution in [0.2, 0.25) is 5.02 Å². The van der Waals surface area contributed by atoms with Crippen molar-refractivity contribution in [3.8, 4) is 11.5 Å². The molecule has 0 spiro atoms. The standard InChI is InChI=1S/C14H13ClN4O3/c15-11-4-2-1-3-10(11)12-16-17-13(22-12)14(21)19-7-5-18(9-20)6-8-19/h1-4,9H,5-8H2.